The Hall–Kier alpha value is -3.72. The summed E-state index contributed by atoms with van der Waals surface area (Å²) in [5.74, 6) is 0.515. The maximum Gasteiger partial charge on any atom is 0.269 e. The summed E-state index contributed by atoms with van der Waals surface area (Å²) in [6.45, 7) is 1.92. The van der Waals surface area contributed by atoms with Gasteiger partial charge >= 0.3 is 0 Å². The van der Waals surface area contributed by atoms with Gasteiger partial charge in [0.15, 0.2) is 5.69 Å². The van der Waals surface area contributed by atoms with Crippen LogP contribution in [0.25, 0.3) is 11.1 Å². The van der Waals surface area contributed by atoms with Gasteiger partial charge in [-0.05, 0) is 44.0 Å². The third-order valence-electron chi connectivity index (χ3n) is 5.90. The van der Waals surface area contributed by atoms with Crippen LogP contribution in [0.15, 0.2) is 42.7 Å². The molecule has 9 heteroatoms. The molecule has 33 heavy (non-hydrogen) atoms. The number of anilines is 3. The van der Waals surface area contributed by atoms with E-state index >= 15 is 0 Å². The first-order valence-corrected chi connectivity index (χ1v) is 11.0. The van der Waals surface area contributed by atoms with Gasteiger partial charge in [0.25, 0.3) is 5.91 Å². The summed E-state index contributed by atoms with van der Waals surface area (Å²) in [4.78, 5) is 25.2. The number of carbonyl (C=O) groups is 1. The van der Waals surface area contributed by atoms with E-state index in [9.17, 15) is 4.79 Å². The Labute approximate surface area is 193 Å². The normalized spacial score (nSPS) is 17.9. The zero-order valence-corrected chi connectivity index (χ0v) is 18.8. The minimum absolute atomic E-state index is 0.0929. The lowest BCUT2D eigenvalue weighted by Crippen LogP contribution is -2.42. The molecule has 0 aliphatic heterocycles. The molecule has 4 rings (SSSR count). The number of carbonyl (C=O) groups excluding carboxylic acids is 1. The molecule has 0 aromatic carbocycles. The van der Waals surface area contributed by atoms with Gasteiger partial charge in [-0.15, -0.1) is 0 Å². The van der Waals surface area contributed by atoms with E-state index in [1.54, 1.807) is 19.5 Å². The molecule has 2 atom stereocenters. The number of nitrogens with one attached hydrogen (secondary N) is 2. The number of hydrogen-bond donors (Lipinski definition) is 4. The molecule has 1 saturated carbocycles. The molecule has 0 spiro atoms. The number of primary amides is 1. The summed E-state index contributed by atoms with van der Waals surface area (Å²) in [7, 11) is 1.58. The zero-order valence-electron chi connectivity index (χ0n) is 18.8. The highest BCUT2D eigenvalue weighted by Gasteiger charge is 2.22. The van der Waals surface area contributed by atoms with Crippen LogP contribution < -0.4 is 26.8 Å². The molecule has 9 nitrogen and oxygen atoms in total. The van der Waals surface area contributed by atoms with Crippen molar-refractivity contribution in [3.8, 4) is 17.0 Å². The van der Waals surface area contributed by atoms with Crippen LogP contribution in [0.1, 0.15) is 41.9 Å². The first-order valence-electron chi connectivity index (χ1n) is 11.0. The van der Waals surface area contributed by atoms with Crippen molar-refractivity contribution >= 4 is 23.1 Å². The van der Waals surface area contributed by atoms with Gasteiger partial charge < -0.3 is 26.8 Å². The van der Waals surface area contributed by atoms with E-state index in [1.165, 1.54) is 0 Å². The number of hydrogen-bond acceptors (Lipinski definition) is 8. The molecule has 0 unspecified atom stereocenters. The van der Waals surface area contributed by atoms with E-state index in [2.05, 4.69) is 25.6 Å². The number of nitrogens with two attached hydrogens (primary N) is 2. The Balaban J connectivity index is 1.57. The summed E-state index contributed by atoms with van der Waals surface area (Å²) < 4.78 is 5.12. The van der Waals surface area contributed by atoms with E-state index < -0.39 is 5.91 Å². The van der Waals surface area contributed by atoms with Gasteiger partial charge in [0, 0.05) is 41.2 Å². The first-order chi connectivity index (χ1) is 15.9. The lowest BCUT2D eigenvalue weighted by Gasteiger charge is -2.30. The summed E-state index contributed by atoms with van der Waals surface area (Å²) in [5.41, 5.74) is 15.9. The molecule has 172 valence electrons. The van der Waals surface area contributed by atoms with Crippen molar-refractivity contribution in [3.63, 3.8) is 0 Å². The van der Waals surface area contributed by atoms with Gasteiger partial charge in [0.1, 0.15) is 5.82 Å². The quantitative estimate of drug-likeness (QED) is 0.432. The predicted octanol–water partition coefficient (Wildman–Crippen LogP) is 3.38. The number of aryl methyl sites for hydroxylation is 1. The molecule has 6 N–H and O–H groups in total. The Kier molecular flexibility index (Phi) is 6.69. The second kappa shape index (κ2) is 9.83. The van der Waals surface area contributed by atoms with Gasteiger partial charge in [-0.3, -0.25) is 4.79 Å². The molecule has 1 aliphatic carbocycles. The van der Waals surface area contributed by atoms with Crippen molar-refractivity contribution in [2.75, 3.05) is 17.7 Å². The van der Waals surface area contributed by atoms with Crippen molar-refractivity contribution in [2.24, 2.45) is 11.5 Å². The number of rotatable bonds is 7. The van der Waals surface area contributed by atoms with E-state index in [0.717, 1.165) is 48.2 Å². The monoisotopic (exact) mass is 447 g/mol. The smallest absolute Gasteiger partial charge is 0.269 e. The fourth-order valence-corrected chi connectivity index (χ4v) is 4.12. The molecular weight excluding hydrogens is 418 g/mol. The molecule has 1 amide bonds. The van der Waals surface area contributed by atoms with Gasteiger partial charge in [-0.25, -0.2) is 15.0 Å². The average Bonchev–Trinajstić information content (AvgIpc) is 2.81. The number of pyridine rings is 3. The van der Waals surface area contributed by atoms with E-state index in [0.29, 0.717) is 17.4 Å². The third kappa shape index (κ3) is 5.20. The Morgan fingerprint density at radius 3 is 2.61 bits per heavy atom. The fourth-order valence-electron chi connectivity index (χ4n) is 4.12. The molecule has 0 saturated heterocycles. The van der Waals surface area contributed by atoms with Gasteiger partial charge in [-0.1, -0.05) is 12.8 Å². The number of methoxy groups -OCH3 is 1. The number of aromatic nitrogens is 3. The zero-order chi connectivity index (χ0) is 23.4. The van der Waals surface area contributed by atoms with Crippen LogP contribution in [-0.2, 0) is 0 Å². The lowest BCUT2D eigenvalue weighted by molar-refractivity contribution is 0.0996. The van der Waals surface area contributed by atoms with E-state index in [4.69, 9.17) is 16.2 Å². The van der Waals surface area contributed by atoms with Crippen molar-refractivity contribution in [2.45, 2.75) is 44.7 Å². The largest absolute Gasteiger partial charge is 0.481 e. The maximum absolute atomic E-state index is 12.0. The van der Waals surface area contributed by atoms with Crippen LogP contribution in [-0.4, -0.2) is 40.1 Å². The average molecular weight is 448 g/mol. The highest BCUT2D eigenvalue weighted by Crippen LogP contribution is 2.28. The van der Waals surface area contributed by atoms with Crippen LogP contribution in [0.4, 0.5) is 17.2 Å². The molecule has 1 aliphatic rings. The molecule has 0 radical (unpaired) electrons. The molecule has 3 heterocycles. The van der Waals surface area contributed by atoms with E-state index in [-0.39, 0.29) is 17.8 Å². The standard InChI is InChI=1S/C24H29N7O2/c1-14-17(15-7-10-22(33-2)27-12-15)8-9-21(29-14)31-20-11-16(13-28-23(20)24(26)32)30-19-6-4-3-5-18(19)25/h7-13,18-19,30H,3-6,25H2,1-2H3,(H2,26,32)(H,29,31)/t18-,19+/m0/s1. The van der Waals surface area contributed by atoms with Crippen molar-refractivity contribution in [1.29, 1.82) is 0 Å². The van der Waals surface area contributed by atoms with Crippen molar-refractivity contribution in [3.05, 3.63) is 54.1 Å². The summed E-state index contributed by atoms with van der Waals surface area (Å²) in [5, 5.41) is 6.66. The summed E-state index contributed by atoms with van der Waals surface area (Å²) >= 11 is 0. The van der Waals surface area contributed by atoms with Crippen LogP contribution in [0.2, 0.25) is 0 Å². The lowest BCUT2D eigenvalue weighted by atomic mass is 9.91. The highest BCUT2D eigenvalue weighted by atomic mass is 16.5. The van der Waals surface area contributed by atoms with Crippen LogP contribution >= 0.6 is 0 Å². The molecule has 1 fully saturated rings. The third-order valence-corrected chi connectivity index (χ3v) is 5.90. The van der Waals surface area contributed by atoms with E-state index in [1.807, 2.05) is 37.3 Å². The Morgan fingerprint density at radius 1 is 1.12 bits per heavy atom. The van der Waals surface area contributed by atoms with Crippen LogP contribution in [0, 0.1) is 6.92 Å². The molecule has 3 aromatic heterocycles. The van der Waals surface area contributed by atoms with Gasteiger partial charge in [0.2, 0.25) is 5.88 Å². The molecular formula is C24H29N7O2. The van der Waals surface area contributed by atoms with Crippen LogP contribution in [0.3, 0.4) is 0 Å². The molecule has 3 aromatic rings. The topological polar surface area (TPSA) is 141 Å². The minimum atomic E-state index is -0.615. The number of amides is 1. The van der Waals surface area contributed by atoms with Crippen LogP contribution in [0.5, 0.6) is 5.88 Å². The second-order valence-corrected chi connectivity index (χ2v) is 8.23. The van der Waals surface area contributed by atoms with Gasteiger partial charge in [-0.2, -0.15) is 0 Å². The number of ether oxygens (including phenoxy) is 1. The second-order valence-electron chi connectivity index (χ2n) is 8.23. The summed E-state index contributed by atoms with van der Waals surface area (Å²) in [6.07, 6.45) is 7.65. The molecule has 0 bridgehead atoms. The fraction of sp³-hybridized carbons (Fsp3) is 0.333. The maximum atomic E-state index is 12.0. The highest BCUT2D eigenvalue weighted by molar-refractivity contribution is 5.97. The van der Waals surface area contributed by atoms with Crippen molar-refractivity contribution < 1.29 is 9.53 Å². The van der Waals surface area contributed by atoms with Gasteiger partial charge in [0.05, 0.1) is 24.7 Å². The minimum Gasteiger partial charge on any atom is -0.481 e. The predicted molar refractivity (Wildman–Crippen MR) is 129 cm³/mol. The SMILES string of the molecule is COc1ccc(-c2ccc(Nc3cc(N[C@@H]4CCCC[C@@H]4N)cnc3C(N)=O)nc2C)cn1. The summed E-state index contributed by atoms with van der Waals surface area (Å²) in [6, 6.07) is 9.63. The Morgan fingerprint density at radius 2 is 1.94 bits per heavy atom. The number of nitrogens with zero attached hydrogens (tertiary/aromatic N) is 3. The van der Waals surface area contributed by atoms with Crippen molar-refractivity contribution in [1.82, 2.24) is 15.0 Å². The Bertz CT molecular complexity index is 1130. The first kappa shape index (κ1) is 22.5.